The van der Waals surface area contributed by atoms with Gasteiger partial charge in [0.1, 0.15) is 6.61 Å². The van der Waals surface area contributed by atoms with Gasteiger partial charge in [0.15, 0.2) is 22.5 Å². The Morgan fingerprint density at radius 1 is 1.25 bits per heavy atom. The molecular weight excluding hydrogens is 376 g/mol. The molecule has 1 amide bonds. The molecule has 152 valence electrons. The lowest BCUT2D eigenvalue weighted by molar-refractivity contribution is -0.119. The molecular formula is C20H28N4O3S. The van der Waals surface area contributed by atoms with Crippen molar-refractivity contribution in [2.45, 2.75) is 50.4 Å². The maximum absolute atomic E-state index is 12.3. The van der Waals surface area contributed by atoms with Crippen molar-refractivity contribution >= 4 is 17.7 Å². The SMILES string of the molecule is COc1ccccc1OCc1nnc(SCC(=O)N[C@@H]2CCCC[C@@H]2C)n1C. The summed E-state index contributed by atoms with van der Waals surface area (Å²) >= 11 is 1.39. The second kappa shape index (κ2) is 9.82. The Kier molecular flexibility index (Phi) is 7.19. The van der Waals surface area contributed by atoms with E-state index in [1.54, 1.807) is 7.11 Å². The summed E-state index contributed by atoms with van der Waals surface area (Å²) < 4.78 is 13.0. The Balaban J connectivity index is 1.51. The van der Waals surface area contributed by atoms with Crippen LogP contribution in [0.5, 0.6) is 11.5 Å². The molecule has 1 aliphatic rings. The van der Waals surface area contributed by atoms with E-state index in [0.29, 0.717) is 40.2 Å². The van der Waals surface area contributed by atoms with Gasteiger partial charge in [0.25, 0.3) is 0 Å². The zero-order valence-corrected chi connectivity index (χ0v) is 17.5. The quantitative estimate of drug-likeness (QED) is 0.681. The molecule has 1 aliphatic carbocycles. The minimum atomic E-state index is 0.0542. The lowest BCUT2D eigenvalue weighted by Crippen LogP contribution is -2.41. The Hall–Kier alpha value is -2.22. The monoisotopic (exact) mass is 404 g/mol. The average molecular weight is 405 g/mol. The van der Waals surface area contributed by atoms with Crippen molar-refractivity contribution in [3.05, 3.63) is 30.1 Å². The van der Waals surface area contributed by atoms with Crippen LogP contribution in [0, 0.1) is 5.92 Å². The van der Waals surface area contributed by atoms with Gasteiger partial charge in [0.2, 0.25) is 5.91 Å². The summed E-state index contributed by atoms with van der Waals surface area (Å²) in [6, 6.07) is 7.77. The van der Waals surface area contributed by atoms with Crippen LogP contribution in [0.25, 0.3) is 0 Å². The number of aromatic nitrogens is 3. The van der Waals surface area contributed by atoms with E-state index in [1.165, 1.54) is 31.0 Å². The number of nitrogens with one attached hydrogen (secondary N) is 1. The number of ether oxygens (including phenoxy) is 2. The predicted octanol–water partition coefficient (Wildman–Crippen LogP) is 3.19. The number of para-hydroxylation sites is 2. The van der Waals surface area contributed by atoms with Crippen molar-refractivity contribution in [3.63, 3.8) is 0 Å². The van der Waals surface area contributed by atoms with E-state index >= 15 is 0 Å². The van der Waals surface area contributed by atoms with Gasteiger partial charge >= 0.3 is 0 Å². The van der Waals surface area contributed by atoms with Gasteiger partial charge in [-0.3, -0.25) is 4.79 Å². The van der Waals surface area contributed by atoms with E-state index in [1.807, 2.05) is 35.9 Å². The normalized spacial score (nSPS) is 19.2. The summed E-state index contributed by atoms with van der Waals surface area (Å²) in [6.45, 7) is 2.49. The first-order valence-corrected chi connectivity index (χ1v) is 10.6. The van der Waals surface area contributed by atoms with Crippen molar-refractivity contribution in [3.8, 4) is 11.5 Å². The summed E-state index contributed by atoms with van der Waals surface area (Å²) in [5.74, 6) is 2.96. The number of hydrogen-bond acceptors (Lipinski definition) is 6. The molecule has 1 saturated carbocycles. The second-order valence-electron chi connectivity index (χ2n) is 7.12. The molecule has 0 spiro atoms. The van der Waals surface area contributed by atoms with E-state index < -0.39 is 0 Å². The number of thioether (sulfide) groups is 1. The van der Waals surface area contributed by atoms with E-state index in [-0.39, 0.29) is 12.5 Å². The molecule has 0 saturated heterocycles. The lowest BCUT2D eigenvalue weighted by atomic mass is 9.86. The molecule has 1 aromatic heterocycles. The number of rotatable bonds is 8. The van der Waals surface area contributed by atoms with E-state index in [2.05, 4.69) is 22.4 Å². The minimum Gasteiger partial charge on any atom is -0.493 e. The first-order chi connectivity index (χ1) is 13.6. The van der Waals surface area contributed by atoms with Crippen LogP contribution >= 0.6 is 11.8 Å². The zero-order chi connectivity index (χ0) is 19.9. The number of methoxy groups -OCH3 is 1. The molecule has 1 aromatic carbocycles. The van der Waals surface area contributed by atoms with Gasteiger partial charge in [0.05, 0.1) is 12.9 Å². The van der Waals surface area contributed by atoms with Crippen molar-refractivity contribution < 1.29 is 14.3 Å². The summed E-state index contributed by atoms with van der Waals surface area (Å²) in [6.07, 6.45) is 4.73. The van der Waals surface area contributed by atoms with Gasteiger partial charge in [-0.2, -0.15) is 0 Å². The molecule has 8 heteroatoms. The van der Waals surface area contributed by atoms with E-state index in [9.17, 15) is 4.79 Å². The third-order valence-electron chi connectivity index (χ3n) is 5.14. The summed E-state index contributed by atoms with van der Waals surface area (Å²) in [7, 11) is 3.49. The van der Waals surface area contributed by atoms with Gasteiger partial charge in [-0.1, -0.05) is 43.7 Å². The van der Waals surface area contributed by atoms with E-state index in [0.717, 1.165) is 6.42 Å². The van der Waals surface area contributed by atoms with Crippen molar-refractivity contribution in [1.82, 2.24) is 20.1 Å². The highest BCUT2D eigenvalue weighted by atomic mass is 32.2. The molecule has 28 heavy (non-hydrogen) atoms. The number of hydrogen-bond donors (Lipinski definition) is 1. The fraction of sp³-hybridized carbons (Fsp3) is 0.550. The van der Waals surface area contributed by atoms with Crippen LogP contribution in [-0.2, 0) is 18.4 Å². The molecule has 3 rings (SSSR count). The first kappa shape index (κ1) is 20.5. The van der Waals surface area contributed by atoms with Gasteiger partial charge in [-0.05, 0) is 30.9 Å². The fourth-order valence-electron chi connectivity index (χ4n) is 3.39. The minimum absolute atomic E-state index is 0.0542. The second-order valence-corrected chi connectivity index (χ2v) is 8.06. The van der Waals surface area contributed by atoms with Crippen LogP contribution < -0.4 is 14.8 Å². The van der Waals surface area contributed by atoms with Crippen LogP contribution in [0.4, 0.5) is 0 Å². The number of carbonyl (C=O) groups excluding carboxylic acids is 1. The van der Waals surface area contributed by atoms with Crippen LogP contribution in [0.1, 0.15) is 38.4 Å². The number of nitrogens with zero attached hydrogens (tertiary/aromatic N) is 3. The summed E-state index contributed by atoms with van der Waals surface area (Å²) in [5, 5.41) is 12.2. The number of benzene rings is 1. The molecule has 7 nitrogen and oxygen atoms in total. The molecule has 2 aromatic rings. The lowest BCUT2D eigenvalue weighted by Gasteiger charge is -2.29. The first-order valence-electron chi connectivity index (χ1n) is 9.64. The molecule has 0 bridgehead atoms. The highest BCUT2D eigenvalue weighted by Crippen LogP contribution is 2.27. The fourth-order valence-corrected chi connectivity index (χ4v) is 4.13. The van der Waals surface area contributed by atoms with Crippen molar-refractivity contribution in [1.29, 1.82) is 0 Å². The molecule has 0 unspecified atom stereocenters. The van der Waals surface area contributed by atoms with Gasteiger partial charge in [0, 0.05) is 13.1 Å². The van der Waals surface area contributed by atoms with Crippen molar-refractivity contribution in [2.75, 3.05) is 12.9 Å². The highest BCUT2D eigenvalue weighted by Gasteiger charge is 2.23. The highest BCUT2D eigenvalue weighted by molar-refractivity contribution is 7.99. The zero-order valence-electron chi connectivity index (χ0n) is 16.7. The third kappa shape index (κ3) is 5.19. The molecule has 2 atom stereocenters. The summed E-state index contributed by atoms with van der Waals surface area (Å²) in [4.78, 5) is 12.3. The smallest absolute Gasteiger partial charge is 0.230 e. The average Bonchev–Trinajstić information content (AvgIpc) is 3.06. The number of carbonyl (C=O) groups is 1. The Morgan fingerprint density at radius 3 is 2.75 bits per heavy atom. The molecule has 1 heterocycles. The van der Waals surface area contributed by atoms with Crippen LogP contribution in [0.3, 0.4) is 0 Å². The predicted molar refractivity (Wildman–Crippen MR) is 109 cm³/mol. The molecule has 0 radical (unpaired) electrons. The molecule has 1 N–H and O–H groups in total. The van der Waals surface area contributed by atoms with Crippen LogP contribution in [0.2, 0.25) is 0 Å². The molecule has 0 aliphatic heterocycles. The Morgan fingerprint density at radius 2 is 2.00 bits per heavy atom. The Labute approximate surface area is 170 Å². The van der Waals surface area contributed by atoms with Gasteiger partial charge in [-0.15, -0.1) is 10.2 Å². The maximum atomic E-state index is 12.3. The van der Waals surface area contributed by atoms with Gasteiger partial charge < -0.3 is 19.4 Å². The Bertz CT molecular complexity index is 796. The maximum Gasteiger partial charge on any atom is 0.230 e. The van der Waals surface area contributed by atoms with Crippen molar-refractivity contribution in [2.24, 2.45) is 13.0 Å². The largest absolute Gasteiger partial charge is 0.493 e. The van der Waals surface area contributed by atoms with Crippen LogP contribution in [0.15, 0.2) is 29.4 Å². The van der Waals surface area contributed by atoms with Gasteiger partial charge in [-0.25, -0.2) is 0 Å². The van der Waals surface area contributed by atoms with E-state index in [4.69, 9.17) is 9.47 Å². The van der Waals surface area contributed by atoms with Crippen LogP contribution in [-0.4, -0.2) is 39.6 Å². The summed E-state index contributed by atoms with van der Waals surface area (Å²) in [5.41, 5.74) is 0. The molecule has 1 fully saturated rings. The third-order valence-corrected chi connectivity index (χ3v) is 6.16. The topological polar surface area (TPSA) is 78.3 Å². The number of amides is 1. The standard InChI is InChI=1S/C20H28N4O3S/c1-14-8-4-5-9-15(14)21-19(25)13-28-20-23-22-18(24(20)2)12-27-17-11-7-6-10-16(17)26-3/h6-7,10-11,14-15H,4-5,8-9,12-13H2,1-3H3,(H,21,25)/t14-,15+/m0/s1.